The van der Waals surface area contributed by atoms with Crippen LogP contribution in [0.1, 0.15) is 11.1 Å². The molecule has 1 N–H and O–H groups in total. The van der Waals surface area contributed by atoms with Crippen molar-refractivity contribution in [3.8, 4) is 5.75 Å². The van der Waals surface area contributed by atoms with Crippen molar-refractivity contribution in [2.75, 3.05) is 6.61 Å². The summed E-state index contributed by atoms with van der Waals surface area (Å²) in [7, 11) is 0. The number of para-hydroxylation sites is 1. The van der Waals surface area contributed by atoms with Gasteiger partial charge in [-0.15, -0.1) is 0 Å². The van der Waals surface area contributed by atoms with E-state index in [-0.39, 0.29) is 22.6 Å². The maximum atomic E-state index is 12.6. The summed E-state index contributed by atoms with van der Waals surface area (Å²) in [6, 6.07) is 16.0. The summed E-state index contributed by atoms with van der Waals surface area (Å²) in [5, 5.41) is 8.41. The maximum Gasteiger partial charge on any atom is 0.341 e. The van der Waals surface area contributed by atoms with E-state index in [9.17, 15) is 14.4 Å². The molecular weight excluding hydrogens is 354 g/mol. The lowest BCUT2D eigenvalue weighted by Gasteiger charge is -2.12. The molecule has 1 aliphatic rings. The molecule has 2 amide bonds. The lowest BCUT2D eigenvalue weighted by atomic mass is 10.1. The molecule has 0 aromatic heterocycles. The molecule has 7 heteroatoms. The number of carboxylic acid groups (broad SMARTS) is 1. The van der Waals surface area contributed by atoms with Crippen LogP contribution in [0.15, 0.2) is 59.5 Å². The Balaban J connectivity index is 1.81. The molecule has 0 aliphatic carbocycles. The second kappa shape index (κ2) is 7.88. The average molecular weight is 369 g/mol. The Kier molecular flexibility index (Phi) is 5.38. The zero-order valence-electron chi connectivity index (χ0n) is 13.6. The van der Waals surface area contributed by atoms with Crippen molar-refractivity contribution in [3.63, 3.8) is 0 Å². The Bertz CT molecular complexity index is 879. The van der Waals surface area contributed by atoms with Crippen LogP contribution >= 0.6 is 11.8 Å². The van der Waals surface area contributed by atoms with Gasteiger partial charge in [-0.05, 0) is 29.5 Å². The van der Waals surface area contributed by atoms with Crippen LogP contribution in [0.4, 0.5) is 4.79 Å². The second-order valence-corrected chi connectivity index (χ2v) is 6.47. The quantitative estimate of drug-likeness (QED) is 0.786. The zero-order chi connectivity index (χ0) is 18.5. The number of imide groups is 1. The van der Waals surface area contributed by atoms with Crippen LogP contribution < -0.4 is 4.74 Å². The smallest absolute Gasteiger partial charge is 0.341 e. The molecule has 6 nitrogen and oxygen atoms in total. The van der Waals surface area contributed by atoms with Crippen molar-refractivity contribution in [1.29, 1.82) is 0 Å². The van der Waals surface area contributed by atoms with Crippen LogP contribution in [0.2, 0.25) is 0 Å². The highest BCUT2D eigenvalue weighted by atomic mass is 32.2. The number of carbonyl (C=O) groups is 3. The predicted molar refractivity (Wildman–Crippen MR) is 97.5 cm³/mol. The van der Waals surface area contributed by atoms with Gasteiger partial charge in [-0.1, -0.05) is 48.5 Å². The molecule has 1 saturated heterocycles. The second-order valence-electron chi connectivity index (χ2n) is 5.47. The molecule has 2 aromatic rings. The van der Waals surface area contributed by atoms with Crippen molar-refractivity contribution >= 4 is 35.0 Å². The number of ether oxygens (including phenoxy) is 1. The fourth-order valence-electron chi connectivity index (χ4n) is 2.41. The Hall–Kier alpha value is -3.06. The van der Waals surface area contributed by atoms with E-state index in [0.29, 0.717) is 11.3 Å². The summed E-state index contributed by atoms with van der Waals surface area (Å²) < 4.78 is 5.23. The first kappa shape index (κ1) is 17.8. The van der Waals surface area contributed by atoms with E-state index >= 15 is 0 Å². The van der Waals surface area contributed by atoms with Gasteiger partial charge in [-0.2, -0.15) is 0 Å². The number of hydrogen-bond acceptors (Lipinski definition) is 5. The number of nitrogens with zero attached hydrogens (tertiary/aromatic N) is 1. The summed E-state index contributed by atoms with van der Waals surface area (Å²) in [6.07, 6.45) is 1.55. The molecule has 1 heterocycles. The van der Waals surface area contributed by atoms with E-state index in [1.165, 1.54) is 4.90 Å². The van der Waals surface area contributed by atoms with E-state index < -0.39 is 12.6 Å². The highest BCUT2D eigenvalue weighted by molar-refractivity contribution is 8.18. The zero-order valence-corrected chi connectivity index (χ0v) is 14.4. The van der Waals surface area contributed by atoms with Gasteiger partial charge in [-0.3, -0.25) is 14.5 Å². The molecule has 0 bridgehead atoms. The summed E-state index contributed by atoms with van der Waals surface area (Å²) >= 11 is 0.856. The third-order valence-corrected chi connectivity index (χ3v) is 4.52. The fraction of sp³-hybridized carbons (Fsp3) is 0.105. The first-order valence-corrected chi connectivity index (χ1v) is 8.59. The van der Waals surface area contributed by atoms with Gasteiger partial charge in [-0.25, -0.2) is 4.79 Å². The summed E-state index contributed by atoms with van der Waals surface area (Å²) in [5.41, 5.74) is 1.40. The minimum absolute atomic E-state index is 0.208. The molecule has 0 atom stereocenters. The monoisotopic (exact) mass is 369 g/mol. The van der Waals surface area contributed by atoms with Gasteiger partial charge in [0.05, 0.1) is 11.4 Å². The van der Waals surface area contributed by atoms with Gasteiger partial charge >= 0.3 is 5.97 Å². The molecule has 1 fully saturated rings. The van der Waals surface area contributed by atoms with Crippen LogP contribution in [-0.4, -0.2) is 33.7 Å². The fourth-order valence-corrected chi connectivity index (χ4v) is 3.24. The van der Waals surface area contributed by atoms with Crippen molar-refractivity contribution < 1.29 is 24.2 Å². The van der Waals surface area contributed by atoms with Crippen molar-refractivity contribution in [2.45, 2.75) is 6.54 Å². The number of aliphatic carboxylic acids is 1. The Morgan fingerprint density at radius 1 is 1.08 bits per heavy atom. The molecule has 26 heavy (non-hydrogen) atoms. The molecule has 1 aliphatic heterocycles. The van der Waals surface area contributed by atoms with E-state index in [4.69, 9.17) is 9.84 Å². The van der Waals surface area contributed by atoms with E-state index in [1.54, 1.807) is 30.3 Å². The minimum atomic E-state index is -1.09. The largest absolute Gasteiger partial charge is 0.481 e. The van der Waals surface area contributed by atoms with Crippen LogP contribution in [0.5, 0.6) is 5.75 Å². The maximum absolute atomic E-state index is 12.6. The number of thioether (sulfide) groups is 1. The van der Waals surface area contributed by atoms with Crippen LogP contribution in [0, 0.1) is 0 Å². The molecule has 0 radical (unpaired) electrons. The first-order valence-electron chi connectivity index (χ1n) is 7.77. The van der Waals surface area contributed by atoms with Gasteiger partial charge in [0.25, 0.3) is 11.1 Å². The van der Waals surface area contributed by atoms with Gasteiger partial charge in [0.1, 0.15) is 5.75 Å². The van der Waals surface area contributed by atoms with Gasteiger partial charge in [0.2, 0.25) is 0 Å². The Morgan fingerprint density at radius 3 is 2.50 bits per heavy atom. The topological polar surface area (TPSA) is 83.9 Å². The van der Waals surface area contributed by atoms with Crippen molar-refractivity contribution in [2.24, 2.45) is 0 Å². The standard InChI is InChI=1S/C19H15NO5S/c21-17(22)12-25-15-9-5-4-8-14(15)10-16-18(23)20(19(24)26-16)11-13-6-2-1-3-7-13/h1-10H,11-12H2,(H,21,22)/b16-10-. The number of carbonyl (C=O) groups excluding carboxylic acids is 2. The number of benzene rings is 2. The number of hydrogen-bond donors (Lipinski definition) is 1. The van der Waals surface area contributed by atoms with Crippen LogP contribution in [0.3, 0.4) is 0 Å². The summed E-state index contributed by atoms with van der Waals surface area (Å²) in [5.74, 6) is -1.13. The highest BCUT2D eigenvalue weighted by Crippen LogP contribution is 2.34. The Labute approximate surface area is 154 Å². The number of amides is 2. The lowest BCUT2D eigenvalue weighted by molar-refractivity contribution is -0.139. The molecular formula is C19H15NO5S. The number of carboxylic acids is 1. The molecule has 0 unspecified atom stereocenters. The van der Waals surface area contributed by atoms with Crippen LogP contribution in [-0.2, 0) is 16.1 Å². The van der Waals surface area contributed by atoms with Crippen LogP contribution in [0.25, 0.3) is 6.08 Å². The number of rotatable bonds is 6. The summed E-state index contributed by atoms with van der Waals surface area (Å²) in [6.45, 7) is -0.277. The molecule has 0 saturated carbocycles. The van der Waals surface area contributed by atoms with E-state index in [0.717, 1.165) is 17.3 Å². The van der Waals surface area contributed by atoms with Gasteiger partial charge in [0.15, 0.2) is 6.61 Å². The third kappa shape index (κ3) is 4.12. The average Bonchev–Trinajstić information content (AvgIpc) is 2.89. The first-order chi connectivity index (χ1) is 12.5. The van der Waals surface area contributed by atoms with Crippen molar-refractivity contribution in [1.82, 2.24) is 4.90 Å². The normalized spacial score (nSPS) is 15.5. The molecule has 3 rings (SSSR count). The Morgan fingerprint density at radius 2 is 1.77 bits per heavy atom. The minimum Gasteiger partial charge on any atom is -0.481 e. The van der Waals surface area contributed by atoms with E-state index in [2.05, 4.69) is 0 Å². The van der Waals surface area contributed by atoms with Gasteiger partial charge < -0.3 is 9.84 Å². The lowest BCUT2D eigenvalue weighted by Crippen LogP contribution is -2.27. The molecule has 132 valence electrons. The summed E-state index contributed by atoms with van der Waals surface area (Å²) in [4.78, 5) is 36.9. The highest BCUT2D eigenvalue weighted by Gasteiger charge is 2.35. The molecule has 2 aromatic carbocycles. The van der Waals surface area contributed by atoms with E-state index in [1.807, 2.05) is 30.3 Å². The van der Waals surface area contributed by atoms with Gasteiger partial charge in [0, 0.05) is 5.56 Å². The van der Waals surface area contributed by atoms with Crippen molar-refractivity contribution in [3.05, 3.63) is 70.6 Å². The molecule has 0 spiro atoms. The third-order valence-electron chi connectivity index (χ3n) is 3.61. The SMILES string of the molecule is O=C(O)COc1ccccc1/C=C1\SC(=O)N(Cc2ccccc2)C1=O. The predicted octanol–water partition coefficient (Wildman–Crippen LogP) is 3.39.